The average Bonchev–Trinajstić information content (AvgIpc) is 3.17. The van der Waals surface area contributed by atoms with Crippen LogP contribution in [0.1, 0.15) is 12.0 Å². The van der Waals surface area contributed by atoms with Crippen molar-refractivity contribution in [3.05, 3.63) is 48.5 Å². The molecule has 5 rings (SSSR count). The van der Waals surface area contributed by atoms with Crippen molar-refractivity contribution in [2.45, 2.75) is 24.7 Å². The van der Waals surface area contributed by atoms with E-state index in [9.17, 15) is 13.2 Å². The summed E-state index contributed by atoms with van der Waals surface area (Å²) in [5.74, 6) is 0.407. The minimum Gasteiger partial charge on any atom is -0.379 e. The highest BCUT2D eigenvalue weighted by Crippen LogP contribution is 2.36. The smallest absolute Gasteiger partial charge is 0.379 e. The van der Waals surface area contributed by atoms with Crippen molar-refractivity contribution < 1.29 is 17.9 Å². The van der Waals surface area contributed by atoms with Gasteiger partial charge in [-0.15, -0.1) is 0 Å². The summed E-state index contributed by atoms with van der Waals surface area (Å²) in [5.41, 5.74) is 7.89. The minimum atomic E-state index is -4.40. The number of fused-ring (bicyclic) bond motifs is 2. The van der Waals surface area contributed by atoms with Gasteiger partial charge in [0, 0.05) is 64.9 Å². The second-order valence-corrected chi connectivity index (χ2v) is 7.56. The normalized spacial score (nSPS) is 19.7. The highest BCUT2D eigenvalue weighted by Gasteiger charge is 2.31. The molecule has 0 spiro atoms. The van der Waals surface area contributed by atoms with Crippen molar-refractivity contribution in [2.75, 3.05) is 18.5 Å². The minimum absolute atomic E-state index is 0.0681. The van der Waals surface area contributed by atoms with Crippen LogP contribution in [-0.4, -0.2) is 45.2 Å². The molecule has 1 aliphatic heterocycles. The number of hydrogen-bond donors (Lipinski definition) is 3. The van der Waals surface area contributed by atoms with Crippen molar-refractivity contribution >= 4 is 27.8 Å². The Morgan fingerprint density at radius 1 is 1.16 bits per heavy atom. The Morgan fingerprint density at radius 2 is 2.03 bits per heavy atom. The van der Waals surface area contributed by atoms with Gasteiger partial charge in [-0.05, 0) is 18.6 Å². The second-order valence-electron chi connectivity index (χ2n) is 7.56. The topological polar surface area (TPSA) is 102 Å². The third-order valence-corrected chi connectivity index (χ3v) is 5.51. The van der Waals surface area contributed by atoms with Crippen molar-refractivity contribution in [1.82, 2.24) is 19.9 Å². The van der Waals surface area contributed by atoms with Crippen LogP contribution in [0.4, 0.5) is 19.1 Å². The number of H-pyrrole nitrogens is 1. The molecule has 4 aromatic rings. The summed E-state index contributed by atoms with van der Waals surface area (Å²) < 4.78 is 44.6. The SMILES string of the molecule is N[C@@H]1CCOC[C@@H]1Nc1ncc2cncc(-c3c[nH]c4cc(C(F)(F)F)ccc34)c2n1. The second kappa shape index (κ2) is 7.47. The molecule has 7 nitrogen and oxygen atoms in total. The van der Waals surface area contributed by atoms with Crippen molar-refractivity contribution in [1.29, 1.82) is 0 Å². The van der Waals surface area contributed by atoms with Crippen LogP contribution in [-0.2, 0) is 10.9 Å². The molecular weight excluding hydrogens is 409 g/mol. The molecular formula is C21H19F3N6O. The fourth-order valence-electron chi connectivity index (χ4n) is 3.82. The van der Waals surface area contributed by atoms with Gasteiger partial charge in [0.2, 0.25) is 5.95 Å². The number of rotatable bonds is 3. The lowest BCUT2D eigenvalue weighted by atomic mass is 10.0. The van der Waals surface area contributed by atoms with Gasteiger partial charge < -0.3 is 20.8 Å². The summed E-state index contributed by atoms with van der Waals surface area (Å²) in [6.45, 7) is 1.10. The average molecular weight is 428 g/mol. The number of halogens is 3. The van der Waals surface area contributed by atoms with Crippen LogP contribution < -0.4 is 11.1 Å². The van der Waals surface area contributed by atoms with Crippen LogP contribution in [0.5, 0.6) is 0 Å². The molecule has 0 unspecified atom stereocenters. The number of benzene rings is 1. The van der Waals surface area contributed by atoms with E-state index in [-0.39, 0.29) is 12.1 Å². The molecule has 1 aliphatic rings. The van der Waals surface area contributed by atoms with Crippen molar-refractivity contribution in [2.24, 2.45) is 5.73 Å². The van der Waals surface area contributed by atoms with Gasteiger partial charge in [-0.25, -0.2) is 9.97 Å². The van der Waals surface area contributed by atoms with Crippen LogP contribution >= 0.6 is 0 Å². The maximum Gasteiger partial charge on any atom is 0.416 e. The zero-order valence-electron chi connectivity index (χ0n) is 16.3. The predicted octanol–water partition coefficient (Wildman–Crippen LogP) is 3.72. The van der Waals surface area contributed by atoms with Crippen molar-refractivity contribution in [3.63, 3.8) is 0 Å². The molecule has 0 saturated carbocycles. The highest BCUT2D eigenvalue weighted by atomic mass is 19.4. The van der Waals surface area contributed by atoms with Gasteiger partial charge in [0.25, 0.3) is 0 Å². The molecule has 0 aliphatic carbocycles. The molecule has 31 heavy (non-hydrogen) atoms. The molecule has 3 aromatic heterocycles. The largest absolute Gasteiger partial charge is 0.416 e. The van der Waals surface area contributed by atoms with Crippen LogP contribution in [0.3, 0.4) is 0 Å². The Bertz CT molecular complexity index is 1260. The number of ether oxygens (including phenoxy) is 1. The number of pyridine rings is 1. The fraction of sp³-hybridized carbons (Fsp3) is 0.286. The summed E-state index contributed by atoms with van der Waals surface area (Å²) >= 11 is 0. The highest BCUT2D eigenvalue weighted by molar-refractivity contribution is 6.03. The first-order valence-corrected chi connectivity index (χ1v) is 9.79. The summed E-state index contributed by atoms with van der Waals surface area (Å²) in [7, 11) is 0. The fourth-order valence-corrected chi connectivity index (χ4v) is 3.82. The first kappa shape index (κ1) is 19.7. The Balaban J connectivity index is 1.57. The first-order chi connectivity index (χ1) is 14.9. The monoisotopic (exact) mass is 428 g/mol. The number of nitrogens with two attached hydrogens (primary N) is 1. The van der Waals surface area contributed by atoms with E-state index in [1.54, 1.807) is 24.8 Å². The standard InChI is InChI=1S/C21H19F3N6O/c22-21(23,24)12-1-2-13-14(9-27-17(13)5-12)15-8-26-6-11-7-28-20(30-19(11)15)29-18-10-31-4-3-16(18)25/h1-2,5-9,16,18,27H,3-4,10,25H2,(H,28,29,30)/t16-,18+/m1/s1. The summed E-state index contributed by atoms with van der Waals surface area (Å²) in [4.78, 5) is 16.2. The summed E-state index contributed by atoms with van der Waals surface area (Å²) in [5, 5.41) is 4.60. The zero-order chi connectivity index (χ0) is 21.6. The van der Waals surface area contributed by atoms with E-state index in [1.807, 2.05) is 0 Å². The lowest BCUT2D eigenvalue weighted by molar-refractivity contribution is -0.137. The number of hydrogen-bond acceptors (Lipinski definition) is 6. The van der Waals surface area contributed by atoms with Gasteiger partial charge in [-0.2, -0.15) is 13.2 Å². The Morgan fingerprint density at radius 3 is 2.84 bits per heavy atom. The van der Waals surface area contributed by atoms with E-state index in [4.69, 9.17) is 10.5 Å². The molecule has 1 aromatic carbocycles. The maximum absolute atomic E-state index is 13.1. The van der Waals surface area contributed by atoms with Crippen LogP contribution in [0.2, 0.25) is 0 Å². The van der Waals surface area contributed by atoms with E-state index in [2.05, 4.69) is 25.3 Å². The Kier molecular flexibility index (Phi) is 4.75. The van der Waals surface area contributed by atoms with Gasteiger partial charge in [-0.1, -0.05) is 6.07 Å². The van der Waals surface area contributed by atoms with E-state index >= 15 is 0 Å². The van der Waals surface area contributed by atoms with Crippen LogP contribution in [0, 0.1) is 0 Å². The first-order valence-electron chi connectivity index (χ1n) is 9.79. The Labute approximate surface area is 174 Å². The van der Waals surface area contributed by atoms with Gasteiger partial charge in [-0.3, -0.25) is 4.98 Å². The molecule has 4 heterocycles. The van der Waals surface area contributed by atoms with Gasteiger partial charge in [0.05, 0.1) is 23.7 Å². The van der Waals surface area contributed by atoms with Gasteiger partial charge in [0.15, 0.2) is 0 Å². The number of nitrogens with zero attached hydrogens (tertiary/aromatic N) is 3. The van der Waals surface area contributed by atoms with E-state index in [0.717, 1.165) is 18.6 Å². The number of aromatic amines is 1. The molecule has 0 amide bonds. The van der Waals surface area contributed by atoms with E-state index in [1.165, 1.54) is 6.07 Å². The third-order valence-electron chi connectivity index (χ3n) is 5.51. The summed E-state index contributed by atoms with van der Waals surface area (Å²) in [6.07, 6.45) is 2.96. The van der Waals surface area contributed by atoms with Crippen molar-refractivity contribution in [3.8, 4) is 11.1 Å². The van der Waals surface area contributed by atoms with E-state index in [0.29, 0.717) is 52.1 Å². The maximum atomic E-state index is 13.1. The predicted molar refractivity (Wildman–Crippen MR) is 110 cm³/mol. The quantitative estimate of drug-likeness (QED) is 0.460. The number of aromatic nitrogens is 4. The molecule has 4 N–H and O–H groups in total. The van der Waals surface area contributed by atoms with Crippen LogP contribution in [0.25, 0.3) is 32.9 Å². The molecule has 0 bridgehead atoms. The molecule has 0 radical (unpaired) electrons. The van der Waals surface area contributed by atoms with E-state index < -0.39 is 11.7 Å². The molecule has 1 saturated heterocycles. The van der Waals surface area contributed by atoms with Crippen LogP contribution in [0.15, 0.2) is 43.0 Å². The Hall–Kier alpha value is -3.24. The third kappa shape index (κ3) is 3.68. The molecule has 2 atom stereocenters. The summed E-state index contributed by atoms with van der Waals surface area (Å²) in [6, 6.07) is 3.46. The lowest BCUT2D eigenvalue weighted by Crippen LogP contribution is -2.47. The molecule has 1 fully saturated rings. The van der Waals surface area contributed by atoms with Gasteiger partial charge >= 0.3 is 6.18 Å². The molecule has 10 heteroatoms. The number of anilines is 1. The zero-order valence-corrected chi connectivity index (χ0v) is 16.3. The van der Waals surface area contributed by atoms with Gasteiger partial charge in [0.1, 0.15) is 0 Å². The lowest BCUT2D eigenvalue weighted by Gasteiger charge is -2.29. The number of nitrogens with one attached hydrogen (secondary N) is 2. The number of alkyl halides is 3. The molecule has 160 valence electrons.